The number of ether oxygens (including phenoxy) is 2. The van der Waals surface area contributed by atoms with Gasteiger partial charge in [-0.25, -0.2) is 0 Å². The predicted molar refractivity (Wildman–Crippen MR) is 86.0 cm³/mol. The number of hydrogen-bond acceptors (Lipinski definition) is 3. The number of rotatable bonds is 6. The van der Waals surface area contributed by atoms with Gasteiger partial charge >= 0.3 is 0 Å². The first-order valence-electron chi connectivity index (χ1n) is 8.13. The number of allylic oxidation sites excluding steroid dienone is 3. The molecule has 120 valence electrons. The summed E-state index contributed by atoms with van der Waals surface area (Å²) in [5.74, 6) is 1.56. The van der Waals surface area contributed by atoms with Gasteiger partial charge in [0, 0.05) is 18.9 Å². The molecule has 0 saturated carbocycles. The Morgan fingerprint density at radius 1 is 1.24 bits per heavy atom. The third kappa shape index (κ3) is 7.58. The molecule has 0 aromatic carbocycles. The third-order valence-corrected chi connectivity index (χ3v) is 3.90. The summed E-state index contributed by atoms with van der Waals surface area (Å²) in [6, 6.07) is 0. The zero-order valence-corrected chi connectivity index (χ0v) is 13.9. The fraction of sp³-hybridized carbons (Fsp3) is 0.722. The Hall–Kier alpha value is -0.930. The van der Waals surface area contributed by atoms with E-state index in [1.54, 1.807) is 6.08 Å². The van der Waals surface area contributed by atoms with Crippen LogP contribution in [0.1, 0.15) is 47.0 Å². The molecule has 0 aromatic heterocycles. The van der Waals surface area contributed by atoms with Crippen LogP contribution in [0.5, 0.6) is 0 Å². The Balaban J connectivity index is 2.64. The maximum Gasteiger partial charge on any atom is 0.155 e. The van der Waals surface area contributed by atoms with Crippen LogP contribution in [0.2, 0.25) is 0 Å². The molecule has 0 radical (unpaired) electrons. The van der Waals surface area contributed by atoms with Gasteiger partial charge in [-0.3, -0.25) is 4.79 Å². The van der Waals surface area contributed by atoms with E-state index in [1.165, 1.54) is 0 Å². The second-order valence-electron chi connectivity index (χ2n) is 6.05. The Labute approximate surface area is 129 Å². The Morgan fingerprint density at radius 2 is 2.00 bits per heavy atom. The van der Waals surface area contributed by atoms with Crippen molar-refractivity contribution in [1.82, 2.24) is 0 Å². The topological polar surface area (TPSA) is 35.5 Å². The van der Waals surface area contributed by atoms with Crippen molar-refractivity contribution in [3.05, 3.63) is 24.3 Å². The second-order valence-corrected chi connectivity index (χ2v) is 6.05. The third-order valence-electron chi connectivity index (χ3n) is 3.90. The molecular formula is C18H30O3. The molecule has 0 saturated heterocycles. The van der Waals surface area contributed by atoms with Gasteiger partial charge < -0.3 is 9.47 Å². The quantitative estimate of drug-likeness (QED) is 0.545. The molecular weight excluding hydrogens is 264 g/mol. The summed E-state index contributed by atoms with van der Waals surface area (Å²) in [5, 5.41) is 0. The van der Waals surface area contributed by atoms with Crippen LogP contribution in [0.4, 0.5) is 0 Å². The number of hydrogen-bond donors (Lipinski definition) is 0. The average Bonchev–Trinajstić information content (AvgIpc) is 2.43. The molecule has 1 aliphatic carbocycles. The average molecular weight is 294 g/mol. The van der Waals surface area contributed by atoms with E-state index in [2.05, 4.69) is 26.0 Å². The van der Waals surface area contributed by atoms with Gasteiger partial charge in [-0.05, 0) is 44.6 Å². The van der Waals surface area contributed by atoms with Crippen molar-refractivity contribution in [3.8, 4) is 0 Å². The summed E-state index contributed by atoms with van der Waals surface area (Å²) in [5.41, 5.74) is 0. The van der Waals surface area contributed by atoms with Crippen LogP contribution < -0.4 is 0 Å². The maximum absolute atomic E-state index is 11.8. The molecule has 0 aliphatic heterocycles. The molecule has 0 bridgehead atoms. The minimum absolute atomic E-state index is 0.176. The van der Waals surface area contributed by atoms with Crippen LogP contribution in [0.25, 0.3) is 0 Å². The van der Waals surface area contributed by atoms with E-state index >= 15 is 0 Å². The Morgan fingerprint density at radius 3 is 2.67 bits per heavy atom. The zero-order chi connectivity index (χ0) is 15.7. The highest BCUT2D eigenvalue weighted by atomic mass is 16.7. The highest BCUT2D eigenvalue weighted by molar-refractivity contribution is 5.89. The van der Waals surface area contributed by atoms with Gasteiger partial charge in [-0.1, -0.05) is 32.1 Å². The molecule has 1 rings (SSSR count). The van der Waals surface area contributed by atoms with Gasteiger partial charge in [-0.15, -0.1) is 0 Å². The Bertz CT molecular complexity index is 357. The number of carbonyl (C=O) groups excluding carboxylic acids is 1. The van der Waals surface area contributed by atoms with Crippen molar-refractivity contribution in [1.29, 1.82) is 0 Å². The highest BCUT2D eigenvalue weighted by Gasteiger charge is 2.14. The van der Waals surface area contributed by atoms with Crippen LogP contribution in [0.15, 0.2) is 24.3 Å². The summed E-state index contributed by atoms with van der Waals surface area (Å²) in [6.45, 7) is 9.59. The summed E-state index contributed by atoms with van der Waals surface area (Å²) < 4.78 is 11.1. The predicted octanol–water partition coefficient (Wildman–Crippen LogP) is 4.14. The summed E-state index contributed by atoms with van der Waals surface area (Å²) in [7, 11) is 0. The van der Waals surface area contributed by atoms with Gasteiger partial charge in [0.1, 0.15) is 0 Å². The van der Waals surface area contributed by atoms with Gasteiger partial charge in [0.05, 0.1) is 6.61 Å². The molecule has 21 heavy (non-hydrogen) atoms. The second kappa shape index (κ2) is 9.91. The van der Waals surface area contributed by atoms with E-state index in [4.69, 9.17) is 9.47 Å². The molecule has 0 fully saturated rings. The number of carbonyl (C=O) groups is 1. The first-order valence-corrected chi connectivity index (χ1v) is 8.13. The molecule has 1 aliphatic rings. The van der Waals surface area contributed by atoms with Gasteiger partial charge in [0.2, 0.25) is 0 Å². The van der Waals surface area contributed by atoms with Crippen molar-refractivity contribution in [3.63, 3.8) is 0 Å². The van der Waals surface area contributed by atoms with Crippen molar-refractivity contribution in [2.75, 3.05) is 13.2 Å². The van der Waals surface area contributed by atoms with Crippen molar-refractivity contribution in [2.24, 2.45) is 17.8 Å². The van der Waals surface area contributed by atoms with E-state index in [9.17, 15) is 4.79 Å². The molecule has 3 unspecified atom stereocenters. The lowest BCUT2D eigenvalue weighted by molar-refractivity contribution is -0.132. The smallest absolute Gasteiger partial charge is 0.155 e. The summed E-state index contributed by atoms with van der Waals surface area (Å²) in [6.07, 6.45) is 10.5. The molecule has 3 nitrogen and oxygen atoms in total. The van der Waals surface area contributed by atoms with Crippen molar-refractivity contribution < 1.29 is 14.3 Å². The lowest BCUT2D eigenvalue weighted by atomic mass is 9.88. The monoisotopic (exact) mass is 294 g/mol. The van der Waals surface area contributed by atoms with Crippen LogP contribution in [0.3, 0.4) is 0 Å². The highest BCUT2D eigenvalue weighted by Crippen LogP contribution is 2.22. The first kappa shape index (κ1) is 18.1. The largest absolute Gasteiger partial charge is 0.353 e. The SMILES string of the molecule is CCOC(C)OCC1/C=C\C(C(C)C)CCC(=O)/C=C\C1. The summed E-state index contributed by atoms with van der Waals surface area (Å²) in [4.78, 5) is 11.8. The van der Waals surface area contributed by atoms with Gasteiger partial charge in [0.15, 0.2) is 12.1 Å². The fourth-order valence-corrected chi connectivity index (χ4v) is 2.46. The van der Waals surface area contributed by atoms with Crippen molar-refractivity contribution in [2.45, 2.75) is 53.2 Å². The fourth-order valence-electron chi connectivity index (χ4n) is 2.46. The normalized spacial score (nSPS) is 28.3. The maximum atomic E-state index is 11.8. The van der Waals surface area contributed by atoms with Crippen LogP contribution in [-0.2, 0) is 14.3 Å². The van der Waals surface area contributed by atoms with Crippen LogP contribution >= 0.6 is 0 Å². The van der Waals surface area contributed by atoms with Gasteiger partial charge in [-0.2, -0.15) is 0 Å². The molecule has 3 heteroatoms. The molecule has 0 spiro atoms. The molecule has 0 heterocycles. The van der Waals surface area contributed by atoms with E-state index < -0.39 is 0 Å². The summed E-state index contributed by atoms with van der Waals surface area (Å²) >= 11 is 0. The first-order chi connectivity index (χ1) is 10.0. The molecule has 0 N–H and O–H groups in total. The van der Waals surface area contributed by atoms with Crippen molar-refractivity contribution >= 4 is 5.78 Å². The zero-order valence-electron chi connectivity index (χ0n) is 13.9. The van der Waals surface area contributed by atoms with E-state index in [1.807, 2.05) is 19.9 Å². The minimum atomic E-state index is -0.176. The minimum Gasteiger partial charge on any atom is -0.353 e. The molecule has 0 aromatic rings. The van der Waals surface area contributed by atoms with E-state index in [0.717, 1.165) is 12.8 Å². The molecule has 3 atom stereocenters. The lowest BCUT2D eigenvalue weighted by Gasteiger charge is -2.20. The van der Waals surface area contributed by atoms with E-state index in [0.29, 0.717) is 37.4 Å². The molecule has 0 amide bonds. The van der Waals surface area contributed by atoms with Gasteiger partial charge in [0.25, 0.3) is 0 Å². The number of ketones is 1. The Kier molecular flexibility index (Phi) is 8.55. The lowest BCUT2D eigenvalue weighted by Crippen LogP contribution is -2.18. The standard InChI is InChI=1S/C18H30O3/c1-5-20-15(4)21-13-16-7-6-8-18(19)12-11-17(10-9-16)14(2)3/h6,8-10,14-17H,5,7,11-13H2,1-4H3/b8-6-,10-9-. The van der Waals surface area contributed by atoms with Crippen LogP contribution in [-0.4, -0.2) is 25.3 Å². The van der Waals surface area contributed by atoms with Crippen LogP contribution in [0, 0.1) is 17.8 Å². The van der Waals surface area contributed by atoms with E-state index in [-0.39, 0.29) is 12.1 Å².